The molecule has 13 aromatic rings. The Labute approximate surface area is 392 Å². The van der Waals surface area contributed by atoms with Gasteiger partial charge in [-0.15, -0.1) is 11.3 Å². The maximum absolute atomic E-state index is 2.54. The highest BCUT2D eigenvalue weighted by Gasteiger charge is 2.28. The first-order chi connectivity index (χ1) is 33.3. The second-order valence-corrected chi connectivity index (χ2v) is 18.6. The van der Waals surface area contributed by atoms with Crippen LogP contribution in [0.3, 0.4) is 0 Å². The smallest absolute Gasteiger partial charge is 0.0618 e. The number of benzene rings is 11. The minimum absolute atomic E-state index is 1.09. The number of fused-ring (bicyclic) bond motifs is 9. The molecule has 1 aliphatic carbocycles. The van der Waals surface area contributed by atoms with Gasteiger partial charge in [0.25, 0.3) is 0 Å². The number of thiophene rings is 1. The summed E-state index contributed by atoms with van der Waals surface area (Å²) in [6.45, 7) is 0. The van der Waals surface area contributed by atoms with Gasteiger partial charge in [-0.2, -0.15) is 0 Å². The van der Waals surface area contributed by atoms with Crippen molar-refractivity contribution in [2.24, 2.45) is 0 Å². The monoisotopic (exact) mass is 868 g/mol. The molecule has 11 aromatic carbocycles. The van der Waals surface area contributed by atoms with E-state index in [4.69, 9.17) is 0 Å². The molecule has 0 atom stereocenters. The van der Waals surface area contributed by atoms with Crippen molar-refractivity contribution in [3.05, 3.63) is 243 Å². The van der Waals surface area contributed by atoms with Crippen LogP contribution in [-0.2, 0) is 0 Å². The topological polar surface area (TPSA) is 8.17 Å². The van der Waals surface area contributed by atoms with Gasteiger partial charge in [0.05, 0.1) is 28.1 Å². The summed E-state index contributed by atoms with van der Waals surface area (Å²) in [6.07, 6.45) is 0. The highest BCUT2D eigenvalue weighted by Crippen LogP contribution is 2.53. The summed E-state index contributed by atoms with van der Waals surface area (Å²) in [5.41, 5.74) is 19.1. The molecule has 0 aliphatic heterocycles. The van der Waals surface area contributed by atoms with Gasteiger partial charge in [-0.1, -0.05) is 206 Å². The van der Waals surface area contributed by atoms with Crippen LogP contribution in [-0.4, -0.2) is 4.57 Å². The molecule has 0 fully saturated rings. The number of nitrogens with zero attached hydrogens (tertiary/aromatic N) is 2. The van der Waals surface area contributed by atoms with E-state index < -0.39 is 0 Å². The van der Waals surface area contributed by atoms with Crippen molar-refractivity contribution in [2.45, 2.75) is 0 Å². The number of para-hydroxylation sites is 3. The van der Waals surface area contributed by atoms with Gasteiger partial charge in [0.15, 0.2) is 0 Å². The summed E-state index contributed by atoms with van der Waals surface area (Å²) in [6, 6.07) is 89.6. The Morgan fingerprint density at radius 2 is 0.851 bits per heavy atom. The zero-order valence-corrected chi connectivity index (χ0v) is 37.2. The molecule has 2 heterocycles. The number of rotatable bonds is 7. The number of hydrogen-bond donors (Lipinski definition) is 0. The molecular formula is C64H40N2S. The molecule has 0 bridgehead atoms. The SMILES string of the molecule is c1ccc(-c2cccc(-c3ccccc3)c2-n2c3ccccc3c3ccc(N(c4ccccc4-c4cccc5c4sc4ccccc45)c4ccc5c6c(cccc46)-c4ccccc4-5)cc32)cc1. The predicted octanol–water partition coefficient (Wildman–Crippen LogP) is 18.4. The van der Waals surface area contributed by atoms with Gasteiger partial charge in [-0.25, -0.2) is 0 Å². The molecule has 0 amide bonds. The van der Waals surface area contributed by atoms with Crippen LogP contribution in [0.25, 0.3) is 114 Å². The third-order valence-electron chi connectivity index (χ3n) is 14.0. The molecular weight excluding hydrogens is 829 g/mol. The first-order valence-corrected chi connectivity index (χ1v) is 23.8. The van der Waals surface area contributed by atoms with E-state index in [1.54, 1.807) is 0 Å². The molecule has 3 heteroatoms. The standard InChI is InChI=1S/C64H40N2S/c1-3-18-41(19-4-1)44-27-15-28-45(42-20-5-2-6-21-42)63(44)66-58-34-13-9-24-48(58)50-37-36-43(40-60(50)66)65(59-39-38-53-47-23-8-7-22-46(47)52-29-16-32-56(59)62(52)53)57-33-12-10-25-49(57)54-30-17-31-55-51-26-11-14-35-61(51)67-64(54)55/h1-40H. The molecule has 2 aromatic heterocycles. The maximum atomic E-state index is 2.54. The Morgan fingerprint density at radius 1 is 0.313 bits per heavy atom. The Kier molecular flexibility index (Phi) is 8.49. The molecule has 0 saturated carbocycles. The lowest BCUT2D eigenvalue weighted by Gasteiger charge is -2.30. The largest absolute Gasteiger partial charge is 0.309 e. The molecule has 0 N–H and O–H groups in total. The van der Waals surface area contributed by atoms with Crippen molar-refractivity contribution in [1.82, 2.24) is 4.57 Å². The molecule has 1 aliphatic rings. The van der Waals surface area contributed by atoms with Gasteiger partial charge in [0, 0.05) is 64.3 Å². The fourth-order valence-electron chi connectivity index (χ4n) is 11.1. The Bertz CT molecular complexity index is 4020. The Balaban J connectivity index is 1.09. The second-order valence-electron chi connectivity index (χ2n) is 17.5. The van der Waals surface area contributed by atoms with Gasteiger partial charge < -0.3 is 9.47 Å². The summed E-state index contributed by atoms with van der Waals surface area (Å²) in [7, 11) is 0. The van der Waals surface area contributed by atoms with E-state index in [1.165, 1.54) is 103 Å². The third kappa shape index (κ3) is 5.75. The van der Waals surface area contributed by atoms with Crippen LogP contribution in [0.2, 0.25) is 0 Å². The highest BCUT2D eigenvalue weighted by atomic mass is 32.1. The number of anilines is 3. The van der Waals surface area contributed by atoms with Gasteiger partial charge in [-0.3, -0.25) is 0 Å². The van der Waals surface area contributed by atoms with Crippen molar-refractivity contribution >= 4 is 81.1 Å². The van der Waals surface area contributed by atoms with E-state index in [0.29, 0.717) is 0 Å². The van der Waals surface area contributed by atoms with Gasteiger partial charge in [0.1, 0.15) is 0 Å². The summed E-state index contributed by atoms with van der Waals surface area (Å²) >= 11 is 1.88. The Morgan fingerprint density at radius 3 is 1.61 bits per heavy atom. The van der Waals surface area contributed by atoms with Crippen molar-refractivity contribution in [2.75, 3.05) is 4.90 Å². The lowest BCUT2D eigenvalue weighted by atomic mass is 9.95. The van der Waals surface area contributed by atoms with Crippen LogP contribution >= 0.6 is 11.3 Å². The molecule has 67 heavy (non-hydrogen) atoms. The average molecular weight is 869 g/mol. The molecule has 0 radical (unpaired) electrons. The molecule has 312 valence electrons. The fourth-order valence-corrected chi connectivity index (χ4v) is 12.3. The third-order valence-corrected chi connectivity index (χ3v) is 15.2. The molecule has 0 spiro atoms. The minimum atomic E-state index is 1.09. The first kappa shape index (κ1) is 37.8. The van der Waals surface area contributed by atoms with E-state index in [9.17, 15) is 0 Å². The quantitative estimate of drug-likeness (QED) is 0.155. The normalized spacial score (nSPS) is 11.9. The van der Waals surface area contributed by atoms with Gasteiger partial charge in [0.2, 0.25) is 0 Å². The number of aromatic nitrogens is 1. The molecule has 14 rings (SSSR count). The zero-order valence-electron chi connectivity index (χ0n) is 36.4. The predicted molar refractivity (Wildman–Crippen MR) is 287 cm³/mol. The van der Waals surface area contributed by atoms with Gasteiger partial charge in [-0.05, 0) is 75.2 Å². The van der Waals surface area contributed by atoms with E-state index in [-0.39, 0.29) is 0 Å². The van der Waals surface area contributed by atoms with Crippen LogP contribution < -0.4 is 4.90 Å². The van der Waals surface area contributed by atoms with Crippen molar-refractivity contribution < 1.29 is 0 Å². The Hall–Kier alpha value is -8.50. The maximum Gasteiger partial charge on any atom is 0.0618 e. The van der Waals surface area contributed by atoms with E-state index in [2.05, 4.69) is 252 Å². The summed E-state index contributed by atoms with van der Waals surface area (Å²) < 4.78 is 5.13. The zero-order chi connectivity index (χ0) is 44.0. The molecule has 2 nitrogen and oxygen atoms in total. The lowest BCUT2D eigenvalue weighted by Crippen LogP contribution is -2.12. The first-order valence-electron chi connectivity index (χ1n) is 23.0. The van der Waals surface area contributed by atoms with E-state index in [0.717, 1.165) is 28.3 Å². The van der Waals surface area contributed by atoms with E-state index >= 15 is 0 Å². The second kappa shape index (κ2) is 15.0. The minimum Gasteiger partial charge on any atom is -0.309 e. The van der Waals surface area contributed by atoms with Gasteiger partial charge >= 0.3 is 0 Å². The highest BCUT2D eigenvalue weighted by molar-refractivity contribution is 7.26. The fraction of sp³-hybridized carbons (Fsp3) is 0. The molecule has 0 unspecified atom stereocenters. The van der Waals surface area contributed by atoms with Crippen LogP contribution in [0.1, 0.15) is 0 Å². The molecule has 0 saturated heterocycles. The van der Waals surface area contributed by atoms with Crippen molar-refractivity contribution in [3.63, 3.8) is 0 Å². The van der Waals surface area contributed by atoms with Crippen LogP contribution in [0.15, 0.2) is 243 Å². The van der Waals surface area contributed by atoms with Crippen LogP contribution in [0, 0.1) is 0 Å². The summed E-state index contributed by atoms with van der Waals surface area (Å²) in [4.78, 5) is 2.54. The van der Waals surface area contributed by atoms with Crippen molar-refractivity contribution in [3.8, 4) is 61.3 Å². The lowest BCUT2D eigenvalue weighted by molar-refractivity contribution is 1.18. The van der Waals surface area contributed by atoms with Crippen LogP contribution in [0.4, 0.5) is 17.1 Å². The summed E-state index contributed by atoms with van der Waals surface area (Å²) in [5, 5.41) is 7.55. The average Bonchev–Trinajstić information content (AvgIpc) is 4.06. The van der Waals surface area contributed by atoms with Crippen molar-refractivity contribution in [1.29, 1.82) is 0 Å². The van der Waals surface area contributed by atoms with E-state index in [1.807, 2.05) is 11.3 Å². The number of hydrogen-bond acceptors (Lipinski definition) is 2. The summed E-state index contributed by atoms with van der Waals surface area (Å²) in [5.74, 6) is 0. The van der Waals surface area contributed by atoms with Crippen LogP contribution in [0.5, 0.6) is 0 Å².